The van der Waals surface area contributed by atoms with Crippen LogP contribution in [0.5, 0.6) is 0 Å². The first-order valence-electron chi connectivity index (χ1n) is 3.64. The molecule has 0 spiro atoms. The third-order valence-corrected chi connectivity index (χ3v) is 1.72. The maximum atomic E-state index is 11.1. The molecular weight excluding hydrogens is 142 g/mol. The summed E-state index contributed by atoms with van der Waals surface area (Å²) in [5.41, 5.74) is 0. The Morgan fingerprint density at radius 2 is 2.09 bits per heavy atom. The molecule has 1 N–H and O–H groups in total. The summed E-state index contributed by atoms with van der Waals surface area (Å²) in [6.45, 7) is 3.90. The Kier molecular flexibility index (Phi) is 2.08. The van der Waals surface area contributed by atoms with Crippen molar-refractivity contribution in [2.24, 2.45) is 11.8 Å². The molecule has 1 rings (SSSR count). The largest absolute Gasteiger partial charge is 0.292 e. The number of rotatable bonds is 1. The van der Waals surface area contributed by atoms with Gasteiger partial charge in [-0.3, -0.25) is 14.9 Å². The Balaban J connectivity index is 2.76. The lowest BCUT2D eigenvalue weighted by molar-refractivity contribution is -0.131. The maximum absolute atomic E-state index is 11.1. The molecule has 1 aliphatic rings. The van der Waals surface area contributed by atoms with E-state index < -0.39 is 0 Å². The van der Waals surface area contributed by atoms with E-state index >= 15 is 0 Å². The summed E-state index contributed by atoms with van der Waals surface area (Å²) in [6.07, 6.45) is 3.07. The molecule has 1 heterocycles. The van der Waals surface area contributed by atoms with Crippen LogP contribution < -0.4 is 5.32 Å². The summed E-state index contributed by atoms with van der Waals surface area (Å²) >= 11 is 0. The Hall–Kier alpha value is -1.12. The molecule has 3 nitrogen and oxygen atoms in total. The molecule has 0 fully saturated rings. The first-order valence-corrected chi connectivity index (χ1v) is 3.64. The van der Waals surface area contributed by atoms with E-state index in [9.17, 15) is 9.59 Å². The molecule has 0 aromatic heterocycles. The Bertz CT molecular complexity index is 218. The van der Waals surface area contributed by atoms with E-state index in [4.69, 9.17) is 0 Å². The third-order valence-electron chi connectivity index (χ3n) is 1.72. The molecule has 0 radical (unpaired) electrons. The van der Waals surface area contributed by atoms with Crippen molar-refractivity contribution >= 4 is 11.8 Å². The van der Waals surface area contributed by atoms with Crippen molar-refractivity contribution in [3.8, 4) is 0 Å². The summed E-state index contributed by atoms with van der Waals surface area (Å²) in [5, 5.41) is 2.25. The number of nitrogens with one attached hydrogen (secondary N) is 1. The normalized spacial score (nSPS) is 24.1. The molecule has 1 unspecified atom stereocenters. The fraction of sp³-hybridized carbons (Fsp3) is 0.500. The highest BCUT2D eigenvalue weighted by atomic mass is 16.2. The van der Waals surface area contributed by atoms with E-state index in [1.165, 1.54) is 6.08 Å². The van der Waals surface area contributed by atoms with Crippen molar-refractivity contribution < 1.29 is 9.59 Å². The van der Waals surface area contributed by atoms with Gasteiger partial charge in [0.1, 0.15) is 0 Å². The molecule has 60 valence electrons. The predicted octanol–water partition coefficient (Wildman–Crippen LogP) is 0.471. The van der Waals surface area contributed by atoms with Crippen molar-refractivity contribution in [1.29, 1.82) is 0 Å². The maximum Gasteiger partial charge on any atom is 0.250 e. The molecule has 0 bridgehead atoms. The summed E-state index contributed by atoms with van der Waals surface area (Å²) in [7, 11) is 0. The summed E-state index contributed by atoms with van der Waals surface area (Å²) in [5.74, 6) is -0.397. The standard InChI is InChI=1S/C8H11NO2/c1-5(2)6-3-4-7(10)9-8(6)11/h3-6H,1-2H3,(H,9,10,11). The highest BCUT2D eigenvalue weighted by Crippen LogP contribution is 2.14. The van der Waals surface area contributed by atoms with Crippen LogP contribution in [0.4, 0.5) is 0 Å². The molecule has 11 heavy (non-hydrogen) atoms. The van der Waals surface area contributed by atoms with Gasteiger partial charge in [-0.25, -0.2) is 0 Å². The van der Waals surface area contributed by atoms with Gasteiger partial charge in [-0.2, -0.15) is 0 Å². The van der Waals surface area contributed by atoms with Gasteiger partial charge in [0.25, 0.3) is 0 Å². The van der Waals surface area contributed by atoms with E-state index in [2.05, 4.69) is 5.32 Å². The number of hydrogen-bond donors (Lipinski definition) is 1. The quantitative estimate of drug-likeness (QED) is 0.556. The van der Waals surface area contributed by atoms with Crippen LogP contribution in [0.15, 0.2) is 12.2 Å². The summed E-state index contributed by atoms with van der Waals surface area (Å²) in [6, 6.07) is 0. The van der Waals surface area contributed by atoms with Gasteiger partial charge in [0.05, 0.1) is 5.92 Å². The number of imide groups is 1. The van der Waals surface area contributed by atoms with Gasteiger partial charge >= 0.3 is 0 Å². The molecule has 0 saturated heterocycles. The molecule has 2 amide bonds. The lowest BCUT2D eigenvalue weighted by atomic mass is 9.93. The third kappa shape index (κ3) is 1.67. The SMILES string of the molecule is CC(C)C1C=CC(=O)NC1=O. The summed E-state index contributed by atoms with van der Waals surface area (Å²) < 4.78 is 0. The van der Waals surface area contributed by atoms with Crippen LogP contribution in [0.1, 0.15) is 13.8 Å². The van der Waals surface area contributed by atoms with Crippen LogP contribution in [0.2, 0.25) is 0 Å². The molecular formula is C8H11NO2. The highest BCUT2D eigenvalue weighted by Gasteiger charge is 2.23. The molecule has 0 saturated carbocycles. The zero-order chi connectivity index (χ0) is 8.43. The van der Waals surface area contributed by atoms with Crippen molar-refractivity contribution in [2.75, 3.05) is 0 Å². The van der Waals surface area contributed by atoms with Crippen LogP contribution in [0.25, 0.3) is 0 Å². The second-order valence-electron chi connectivity index (χ2n) is 2.98. The fourth-order valence-corrected chi connectivity index (χ4v) is 1.05. The van der Waals surface area contributed by atoms with Crippen molar-refractivity contribution in [3.63, 3.8) is 0 Å². The molecule has 3 heteroatoms. The minimum absolute atomic E-state index is 0.146. The first-order chi connectivity index (χ1) is 5.11. The average molecular weight is 153 g/mol. The van der Waals surface area contributed by atoms with E-state index in [0.717, 1.165) is 0 Å². The Morgan fingerprint density at radius 1 is 1.45 bits per heavy atom. The zero-order valence-electron chi connectivity index (χ0n) is 6.63. The van der Waals surface area contributed by atoms with Crippen LogP contribution in [-0.4, -0.2) is 11.8 Å². The molecule has 1 atom stereocenters. The monoisotopic (exact) mass is 153 g/mol. The average Bonchev–Trinajstić information content (AvgIpc) is 1.85. The minimum atomic E-state index is -0.313. The lowest BCUT2D eigenvalue weighted by Gasteiger charge is -2.18. The predicted molar refractivity (Wildman–Crippen MR) is 40.6 cm³/mol. The first kappa shape index (κ1) is 7.98. The zero-order valence-corrected chi connectivity index (χ0v) is 6.63. The molecule has 0 aromatic carbocycles. The van der Waals surface area contributed by atoms with Gasteiger partial charge in [0.2, 0.25) is 11.8 Å². The van der Waals surface area contributed by atoms with Crippen LogP contribution in [0, 0.1) is 11.8 Å². The van der Waals surface area contributed by atoms with Gasteiger partial charge in [-0.1, -0.05) is 19.9 Å². The summed E-state index contributed by atoms with van der Waals surface area (Å²) in [4.78, 5) is 21.7. The van der Waals surface area contributed by atoms with E-state index in [-0.39, 0.29) is 23.7 Å². The Morgan fingerprint density at radius 3 is 2.55 bits per heavy atom. The van der Waals surface area contributed by atoms with E-state index in [1.807, 2.05) is 13.8 Å². The topological polar surface area (TPSA) is 46.2 Å². The molecule has 0 aromatic rings. The highest BCUT2D eigenvalue weighted by molar-refractivity contribution is 6.05. The number of amides is 2. The van der Waals surface area contributed by atoms with Crippen molar-refractivity contribution in [3.05, 3.63) is 12.2 Å². The van der Waals surface area contributed by atoms with E-state index in [1.54, 1.807) is 6.08 Å². The van der Waals surface area contributed by atoms with Gasteiger partial charge in [-0.15, -0.1) is 0 Å². The van der Waals surface area contributed by atoms with Crippen LogP contribution in [0.3, 0.4) is 0 Å². The number of carbonyl (C=O) groups excluding carboxylic acids is 2. The smallest absolute Gasteiger partial charge is 0.250 e. The van der Waals surface area contributed by atoms with Gasteiger partial charge in [0, 0.05) is 6.08 Å². The lowest BCUT2D eigenvalue weighted by Crippen LogP contribution is -2.39. The van der Waals surface area contributed by atoms with Crippen LogP contribution >= 0.6 is 0 Å². The van der Waals surface area contributed by atoms with Gasteiger partial charge in [0.15, 0.2) is 0 Å². The van der Waals surface area contributed by atoms with Gasteiger partial charge in [-0.05, 0) is 5.92 Å². The van der Waals surface area contributed by atoms with E-state index in [0.29, 0.717) is 0 Å². The second kappa shape index (κ2) is 2.86. The number of carbonyl (C=O) groups is 2. The molecule has 0 aliphatic carbocycles. The number of hydrogen-bond acceptors (Lipinski definition) is 2. The fourth-order valence-electron chi connectivity index (χ4n) is 1.05. The minimum Gasteiger partial charge on any atom is -0.292 e. The Labute approximate surface area is 65.5 Å². The van der Waals surface area contributed by atoms with Crippen molar-refractivity contribution in [1.82, 2.24) is 5.32 Å². The van der Waals surface area contributed by atoms with Crippen LogP contribution in [-0.2, 0) is 9.59 Å². The van der Waals surface area contributed by atoms with Gasteiger partial charge < -0.3 is 0 Å². The molecule has 1 aliphatic heterocycles. The second-order valence-corrected chi connectivity index (χ2v) is 2.98. The van der Waals surface area contributed by atoms with Crippen molar-refractivity contribution in [2.45, 2.75) is 13.8 Å².